The molecule has 1 rings (SSSR count). The summed E-state index contributed by atoms with van der Waals surface area (Å²) in [6.45, 7) is 7.65. The van der Waals surface area contributed by atoms with Gasteiger partial charge in [0.2, 0.25) is 0 Å². The average Bonchev–Trinajstić information content (AvgIpc) is 2.52. The van der Waals surface area contributed by atoms with Crippen LogP contribution in [0.5, 0.6) is 0 Å². The van der Waals surface area contributed by atoms with Crippen LogP contribution in [0.4, 0.5) is 0 Å². The zero-order chi connectivity index (χ0) is 9.73. The van der Waals surface area contributed by atoms with Crippen molar-refractivity contribution in [2.75, 3.05) is 0 Å². The first-order chi connectivity index (χ1) is 6.14. The highest BCUT2D eigenvalue weighted by atomic mass is 15.0. The molecule has 0 aliphatic carbocycles. The van der Waals surface area contributed by atoms with E-state index in [9.17, 15) is 0 Å². The minimum absolute atomic E-state index is 0.250. The Morgan fingerprint density at radius 2 is 2.23 bits per heavy atom. The van der Waals surface area contributed by atoms with Crippen LogP contribution in [0, 0.1) is 0 Å². The lowest BCUT2D eigenvalue weighted by Gasteiger charge is -2.25. The van der Waals surface area contributed by atoms with Crippen molar-refractivity contribution >= 4 is 0 Å². The van der Waals surface area contributed by atoms with Gasteiger partial charge in [0, 0.05) is 24.0 Å². The number of aromatic amines is 1. The molecule has 0 unspecified atom stereocenters. The van der Waals surface area contributed by atoms with Gasteiger partial charge < -0.3 is 10.3 Å². The molecule has 0 spiro atoms. The monoisotopic (exact) mass is 180 g/mol. The fourth-order valence-corrected chi connectivity index (χ4v) is 1.53. The minimum atomic E-state index is 0.250. The number of hydrogen-bond donors (Lipinski definition) is 2. The summed E-state index contributed by atoms with van der Waals surface area (Å²) in [5.41, 5.74) is 1.50. The second-order valence-corrected chi connectivity index (χ2v) is 4.18. The third-order valence-electron chi connectivity index (χ3n) is 2.29. The predicted molar refractivity (Wildman–Crippen MR) is 56.6 cm³/mol. The molecular weight excluding hydrogens is 160 g/mol. The largest absolute Gasteiger partial charge is 0.364 e. The average molecular weight is 180 g/mol. The molecular formula is C11H20N2. The molecule has 0 bridgehead atoms. The van der Waals surface area contributed by atoms with E-state index in [4.69, 9.17) is 0 Å². The summed E-state index contributed by atoms with van der Waals surface area (Å²) in [6, 6.07) is 4.14. The Kier molecular flexibility index (Phi) is 3.55. The van der Waals surface area contributed by atoms with Gasteiger partial charge in [-0.05, 0) is 32.4 Å². The summed E-state index contributed by atoms with van der Waals surface area (Å²) in [4.78, 5) is 3.19. The van der Waals surface area contributed by atoms with Crippen LogP contribution in [-0.2, 0) is 6.54 Å². The molecule has 0 saturated heterocycles. The maximum Gasteiger partial charge on any atom is 0.0361 e. The number of H-pyrrole nitrogens is 1. The molecule has 2 N–H and O–H groups in total. The smallest absolute Gasteiger partial charge is 0.0361 e. The van der Waals surface area contributed by atoms with Gasteiger partial charge in [-0.1, -0.05) is 13.3 Å². The van der Waals surface area contributed by atoms with Gasteiger partial charge in [0.1, 0.15) is 0 Å². The van der Waals surface area contributed by atoms with Crippen LogP contribution in [0.15, 0.2) is 18.3 Å². The lowest BCUT2D eigenvalue weighted by atomic mass is 9.99. The fraction of sp³-hybridized carbons (Fsp3) is 0.636. The molecule has 0 radical (unpaired) electrons. The Bertz CT molecular complexity index is 224. The summed E-state index contributed by atoms with van der Waals surface area (Å²) in [5.74, 6) is 0. The predicted octanol–water partition coefficient (Wildman–Crippen LogP) is 2.68. The second-order valence-electron chi connectivity index (χ2n) is 4.18. The summed E-state index contributed by atoms with van der Waals surface area (Å²) in [6.07, 6.45) is 4.41. The van der Waals surface area contributed by atoms with Gasteiger partial charge in [0.05, 0.1) is 0 Å². The second kappa shape index (κ2) is 4.47. The SMILES string of the molecule is CCCC(C)(C)NCc1ccc[nH]1. The Morgan fingerprint density at radius 1 is 1.46 bits per heavy atom. The van der Waals surface area contributed by atoms with E-state index in [1.54, 1.807) is 0 Å². The van der Waals surface area contributed by atoms with Crippen molar-refractivity contribution in [2.24, 2.45) is 0 Å². The summed E-state index contributed by atoms with van der Waals surface area (Å²) >= 11 is 0. The van der Waals surface area contributed by atoms with Gasteiger partial charge in [0.25, 0.3) is 0 Å². The number of hydrogen-bond acceptors (Lipinski definition) is 1. The maximum atomic E-state index is 3.53. The van der Waals surface area contributed by atoms with Gasteiger partial charge in [-0.2, -0.15) is 0 Å². The lowest BCUT2D eigenvalue weighted by molar-refractivity contribution is 0.355. The van der Waals surface area contributed by atoms with E-state index in [0.29, 0.717) is 0 Å². The highest BCUT2D eigenvalue weighted by molar-refractivity contribution is 5.03. The fourth-order valence-electron chi connectivity index (χ4n) is 1.53. The Labute approximate surface area is 80.7 Å². The molecule has 0 saturated carbocycles. The molecule has 1 aromatic heterocycles. The molecule has 0 amide bonds. The zero-order valence-corrected chi connectivity index (χ0v) is 8.85. The normalized spacial score (nSPS) is 11.9. The molecule has 13 heavy (non-hydrogen) atoms. The highest BCUT2D eigenvalue weighted by Gasteiger charge is 2.14. The minimum Gasteiger partial charge on any atom is -0.364 e. The number of nitrogens with one attached hydrogen (secondary N) is 2. The third kappa shape index (κ3) is 3.64. The number of rotatable bonds is 5. The maximum absolute atomic E-state index is 3.53. The topological polar surface area (TPSA) is 27.8 Å². The molecule has 0 atom stereocenters. The van der Waals surface area contributed by atoms with Crippen LogP contribution in [0.1, 0.15) is 39.3 Å². The van der Waals surface area contributed by atoms with Gasteiger partial charge in [-0.25, -0.2) is 0 Å². The molecule has 1 heterocycles. The van der Waals surface area contributed by atoms with E-state index in [1.807, 2.05) is 12.3 Å². The van der Waals surface area contributed by atoms with E-state index in [0.717, 1.165) is 6.54 Å². The molecule has 74 valence electrons. The highest BCUT2D eigenvalue weighted by Crippen LogP contribution is 2.11. The molecule has 2 nitrogen and oxygen atoms in total. The summed E-state index contributed by atoms with van der Waals surface area (Å²) < 4.78 is 0. The van der Waals surface area contributed by atoms with Crippen LogP contribution >= 0.6 is 0 Å². The van der Waals surface area contributed by atoms with E-state index in [-0.39, 0.29) is 5.54 Å². The number of aromatic nitrogens is 1. The molecule has 2 heteroatoms. The molecule has 1 aromatic rings. The molecule has 0 fully saturated rings. The van der Waals surface area contributed by atoms with E-state index in [1.165, 1.54) is 18.5 Å². The Balaban J connectivity index is 2.33. The molecule has 0 aromatic carbocycles. The van der Waals surface area contributed by atoms with Crippen LogP contribution in [-0.4, -0.2) is 10.5 Å². The van der Waals surface area contributed by atoms with Crippen molar-refractivity contribution in [1.29, 1.82) is 0 Å². The first kappa shape index (κ1) is 10.3. The quantitative estimate of drug-likeness (QED) is 0.716. The van der Waals surface area contributed by atoms with Crippen molar-refractivity contribution in [3.63, 3.8) is 0 Å². The van der Waals surface area contributed by atoms with E-state index in [2.05, 4.69) is 37.1 Å². The van der Waals surface area contributed by atoms with E-state index < -0.39 is 0 Å². The Hall–Kier alpha value is -0.760. The lowest BCUT2D eigenvalue weighted by Crippen LogP contribution is -2.38. The van der Waals surface area contributed by atoms with Crippen molar-refractivity contribution in [2.45, 2.75) is 45.7 Å². The van der Waals surface area contributed by atoms with Gasteiger partial charge in [0.15, 0.2) is 0 Å². The van der Waals surface area contributed by atoms with Crippen LogP contribution in [0.2, 0.25) is 0 Å². The van der Waals surface area contributed by atoms with E-state index >= 15 is 0 Å². The first-order valence-electron chi connectivity index (χ1n) is 5.01. The summed E-state index contributed by atoms with van der Waals surface area (Å²) in [7, 11) is 0. The zero-order valence-electron chi connectivity index (χ0n) is 8.85. The third-order valence-corrected chi connectivity index (χ3v) is 2.29. The van der Waals surface area contributed by atoms with Gasteiger partial charge >= 0.3 is 0 Å². The van der Waals surface area contributed by atoms with Gasteiger partial charge in [-0.15, -0.1) is 0 Å². The van der Waals surface area contributed by atoms with Crippen LogP contribution in [0.3, 0.4) is 0 Å². The van der Waals surface area contributed by atoms with Crippen molar-refractivity contribution in [1.82, 2.24) is 10.3 Å². The molecule has 0 aliphatic rings. The van der Waals surface area contributed by atoms with Crippen molar-refractivity contribution < 1.29 is 0 Å². The van der Waals surface area contributed by atoms with Crippen LogP contribution in [0.25, 0.3) is 0 Å². The standard InChI is InChI=1S/C11H20N2/c1-4-7-11(2,3)13-9-10-6-5-8-12-10/h5-6,8,12-13H,4,7,9H2,1-3H3. The van der Waals surface area contributed by atoms with Gasteiger partial charge in [-0.3, -0.25) is 0 Å². The first-order valence-corrected chi connectivity index (χ1v) is 5.01. The van der Waals surface area contributed by atoms with Crippen molar-refractivity contribution in [3.05, 3.63) is 24.0 Å². The summed E-state index contributed by atoms with van der Waals surface area (Å²) in [5, 5.41) is 3.53. The molecule has 0 aliphatic heterocycles. The Morgan fingerprint density at radius 3 is 2.77 bits per heavy atom. The van der Waals surface area contributed by atoms with Crippen LogP contribution < -0.4 is 5.32 Å². The van der Waals surface area contributed by atoms with Crippen molar-refractivity contribution in [3.8, 4) is 0 Å².